The molecule has 4 nitrogen and oxygen atoms in total. The van der Waals surface area contributed by atoms with Gasteiger partial charge in [-0.25, -0.2) is 4.79 Å². The van der Waals surface area contributed by atoms with Gasteiger partial charge in [0.25, 0.3) is 0 Å². The zero-order valence-corrected chi connectivity index (χ0v) is 25.6. The fraction of sp³-hybridized carbons (Fsp3) is 0.447. The number of carbonyl (C=O) groups excluding carboxylic acids is 1. The topological polar surface area (TPSA) is 55.8 Å². The number of hydrogen-bond acceptors (Lipinski definition) is 4. The summed E-state index contributed by atoms with van der Waals surface area (Å²) in [5.74, 6) is 2.00. The molecule has 224 valence electrons. The van der Waals surface area contributed by atoms with Gasteiger partial charge in [0.05, 0.1) is 13.2 Å². The molecule has 0 heterocycles. The van der Waals surface area contributed by atoms with E-state index in [-0.39, 0.29) is 19.2 Å². The second kappa shape index (κ2) is 16.3. The average molecular weight is 569 g/mol. The van der Waals surface area contributed by atoms with E-state index in [4.69, 9.17) is 14.6 Å². The van der Waals surface area contributed by atoms with Gasteiger partial charge in [-0.2, -0.15) is 0 Å². The van der Waals surface area contributed by atoms with Gasteiger partial charge in [0.1, 0.15) is 12.4 Å². The van der Waals surface area contributed by atoms with Crippen molar-refractivity contribution in [3.05, 3.63) is 90.0 Å². The first kappa shape index (κ1) is 31.6. The summed E-state index contributed by atoms with van der Waals surface area (Å²) < 4.78 is 11.1. The third kappa shape index (κ3) is 8.82. The van der Waals surface area contributed by atoms with E-state index < -0.39 is 0 Å². The minimum Gasteiger partial charge on any atom is -0.491 e. The molecule has 0 saturated heterocycles. The smallest absolute Gasteiger partial charge is 0.333 e. The number of hydrogen-bond donors (Lipinski definition) is 1. The van der Waals surface area contributed by atoms with Gasteiger partial charge in [-0.05, 0) is 89.5 Å². The fourth-order valence-electron chi connectivity index (χ4n) is 6.07. The van der Waals surface area contributed by atoms with Gasteiger partial charge in [0, 0.05) is 12.0 Å². The number of aliphatic hydroxyl groups excluding tert-OH is 1. The zero-order chi connectivity index (χ0) is 29.7. The van der Waals surface area contributed by atoms with E-state index >= 15 is 0 Å². The van der Waals surface area contributed by atoms with Crippen LogP contribution in [-0.2, 0) is 16.0 Å². The lowest BCUT2D eigenvalue weighted by atomic mass is 9.77. The van der Waals surface area contributed by atoms with Crippen LogP contribution in [0.1, 0.15) is 88.7 Å². The monoisotopic (exact) mass is 568 g/mol. The molecule has 3 aromatic carbocycles. The maximum atomic E-state index is 12.2. The SMILES string of the molecule is C=C(CC)C(=O)OCCc1cc(-c2ccc(C3CCC(CCCCC)CC3)cc2)ccc1-c1ccc(OCCO)cc1. The molecule has 0 unspecified atom stereocenters. The van der Waals surface area contributed by atoms with Crippen molar-refractivity contribution in [1.82, 2.24) is 0 Å². The third-order valence-electron chi connectivity index (χ3n) is 8.73. The maximum absolute atomic E-state index is 12.2. The van der Waals surface area contributed by atoms with Crippen LogP contribution in [0.25, 0.3) is 22.3 Å². The van der Waals surface area contributed by atoms with Crippen molar-refractivity contribution in [1.29, 1.82) is 0 Å². The minimum absolute atomic E-state index is 0.0161. The predicted octanol–water partition coefficient (Wildman–Crippen LogP) is 9.30. The lowest BCUT2D eigenvalue weighted by molar-refractivity contribution is -0.139. The van der Waals surface area contributed by atoms with E-state index in [0.29, 0.717) is 30.9 Å². The number of rotatable bonds is 15. The van der Waals surface area contributed by atoms with Gasteiger partial charge in [0.2, 0.25) is 0 Å². The van der Waals surface area contributed by atoms with Crippen LogP contribution in [0.4, 0.5) is 0 Å². The number of carbonyl (C=O) groups is 1. The largest absolute Gasteiger partial charge is 0.491 e. The highest BCUT2D eigenvalue weighted by molar-refractivity contribution is 5.87. The molecule has 1 saturated carbocycles. The van der Waals surface area contributed by atoms with Crippen LogP contribution >= 0.6 is 0 Å². The van der Waals surface area contributed by atoms with Crippen molar-refractivity contribution in [2.24, 2.45) is 5.92 Å². The summed E-state index contributed by atoms with van der Waals surface area (Å²) >= 11 is 0. The second-order valence-corrected chi connectivity index (χ2v) is 11.6. The van der Waals surface area contributed by atoms with Gasteiger partial charge < -0.3 is 14.6 Å². The van der Waals surface area contributed by atoms with E-state index in [2.05, 4.69) is 56.0 Å². The first-order valence-electron chi connectivity index (χ1n) is 15.9. The molecule has 0 aromatic heterocycles. The zero-order valence-electron chi connectivity index (χ0n) is 25.6. The van der Waals surface area contributed by atoms with Crippen molar-refractivity contribution in [2.75, 3.05) is 19.8 Å². The molecule has 1 aliphatic rings. The summed E-state index contributed by atoms with van der Waals surface area (Å²) in [5.41, 5.74) is 7.61. The standard InChI is InChI=1S/C38H48O4/c1-4-6-7-8-29-9-11-30(12-10-29)31-13-15-32(16-14-31)34-19-22-37(33-17-20-36(21-18-33)41-26-24-39)35(27-34)23-25-42-38(40)28(3)5-2/h13-22,27,29-30,39H,3-12,23-26H2,1-2H3. The Morgan fingerprint density at radius 2 is 1.55 bits per heavy atom. The molecular formula is C38H48O4. The number of ether oxygens (including phenoxy) is 2. The van der Waals surface area contributed by atoms with Crippen LogP contribution in [0.3, 0.4) is 0 Å². The summed E-state index contributed by atoms with van der Waals surface area (Å²) in [6.45, 7) is 8.55. The van der Waals surface area contributed by atoms with Crippen LogP contribution < -0.4 is 4.74 Å². The van der Waals surface area contributed by atoms with Gasteiger partial charge in [-0.3, -0.25) is 0 Å². The molecule has 0 bridgehead atoms. The van der Waals surface area contributed by atoms with Crippen LogP contribution in [0, 0.1) is 5.92 Å². The number of benzene rings is 3. The first-order valence-corrected chi connectivity index (χ1v) is 15.9. The second-order valence-electron chi connectivity index (χ2n) is 11.6. The molecule has 0 atom stereocenters. The summed E-state index contributed by atoms with van der Waals surface area (Å²) in [6.07, 6.45) is 12.0. The molecule has 0 radical (unpaired) electrons. The van der Waals surface area contributed by atoms with Gasteiger partial charge in [-0.1, -0.05) is 101 Å². The number of unbranched alkanes of at least 4 members (excludes halogenated alkanes) is 2. The van der Waals surface area contributed by atoms with E-state index in [1.807, 2.05) is 31.2 Å². The molecule has 42 heavy (non-hydrogen) atoms. The summed E-state index contributed by atoms with van der Waals surface area (Å²) in [7, 11) is 0. The van der Waals surface area contributed by atoms with E-state index in [0.717, 1.165) is 33.9 Å². The van der Waals surface area contributed by atoms with Gasteiger partial charge in [-0.15, -0.1) is 0 Å². The van der Waals surface area contributed by atoms with Crippen molar-refractivity contribution in [2.45, 2.75) is 84.0 Å². The molecule has 1 aliphatic carbocycles. The third-order valence-corrected chi connectivity index (χ3v) is 8.73. The Hall–Kier alpha value is -3.37. The number of aliphatic hydroxyl groups is 1. The average Bonchev–Trinajstić information content (AvgIpc) is 3.04. The lowest BCUT2D eigenvalue weighted by Gasteiger charge is -2.29. The summed E-state index contributed by atoms with van der Waals surface area (Å²) in [5, 5.41) is 9.05. The fourth-order valence-corrected chi connectivity index (χ4v) is 6.07. The van der Waals surface area contributed by atoms with E-state index in [1.165, 1.54) is 62.5 Å². The van der Waals surface area contributed by atoms with Crippen molar-refractivity contribution in [3.63, 3.8) is 0 Å². The van der Waals surface area contributed by atoms with Gasteiger partial charge in [0.15, 0.2) is 0 Å². The molecule has 4 rings (SSSR count). The van der Waals surface area contributed by atoms with Crippen LogP contribution in [0.5, 0.6) is 5.75 Å². The van der Waals surface area contributed by atoms with Crippen LogP contribution in [-0.4, -0.2) is 30.9 Å². The predicted molar refractivity (Wildman–Crippen MR) is 173 cm³/mol. The Bertz CT molecular complexity index is 1270. The highest BCUT2D eigenvalue weighted by atomic mass is 16.5. The molecule has 0 aliphatic heterocycles. The molecule has 0 spiro atoms. The van der Waals surface area contributed by atoms with Crippen LogP contribution in [0.15, 0.2) is 78.9 Å². The molecule has 1 fully saturated rings. The Balaban J connectivity index is 1.48. The van der Waals surface area contributed by atoms with E-state index in [1.54, 1.807) is 0 Å². The van der Waals surface area contributed by atoms with Gasteiger partial charge >= 0.3 is 5.97 Å². The first-order chi connectivity index (χ1) is 20.5. The number of esters is 1. The van der Waals surface area contributed by atoms with Crippen molar-refractivity contribution in [3.8, 4) is 28.0 Å². The highest BCUT2D eigenvalue weighted by Gasteiger charge is 2.22. The van der Waals surface area contributed by atoms with Crippen LogP contribution in [0.2, 0.25) is 0 Å². The van der Waals surface area contributed by atoms with E-state index in [9.17, 15) is 4.79 Å². The van der Waals surface area contributed by atoms with Crippen molar-refractivity contribution < 1.29 is 19.4 Å². The quantitative estimate of drug-likeness (QED) is 0.113. The highest BCUT2D eigenvalue weighted by Crippen LogP contribution is 2.38. The summed E-state index contributed by atoms with van der Waals surface area (Å²) in [6, 6.07) is 23.7. The Morgan fingerprint density at radius 3 is 2.21 bits per heavy atom. The normalized spacial score (nSPS) is 16.6. The molecular weight excluding hydrogens is 520 g/mol. The maximum Gasteiger partial charge on any atom is 0.333 e. The minimum atomic E-state index is -0.328. The Labute approximate surface area is 252 Å². The molecule has 4 heteroatoms. The summed E-state index contributed by atoms with van der Waals surface area (Å²) in [4.78, 5) is 12.2. The molecule has 3 aromatic rings. The Kier molecular flexibility index (Phi) is 12.3. The molecule has 1 N–H and O–H groups in total. The van der Waals surface area contributed by atoms with Crippen molar-refractivity contribution >= 4 is 5.97 Å². The lowest BCUT2D eigenvalue weighted by Crippen LogP contribution is -2.13. The Morgan fingerprint density at radius 1 is 0.857 bits per heavy atom. The molecule has 0 amide bonds.